The van der Waals surface area contributed by atoms with Crippen molar-refractivity contribution in [2.45, 2.75) is 45.4 Å². The van der Waals surface area contributed by atoms with Crippen LogP contribution in [0.3, 0.4) is 0 Å². The second-order valence-electron chi connectivity index (χ2n) is 9.52. The van der Waals surface area contributed by atoms with E-state index >= 15 is 0 Å². The molecule has 0 aliphatic carbocycles. The minimum atomic E-state index is -3.53. The fraction of sp³-hybridized carbons (Fsp3) is 0.667. The Morgan fingerprint density at radius 2 is 2.00 bits per heavy atom. The number of aromatic nitrogens is 2. The standard InChI is InChI=1S/C21H30ClN5O5S2/c1-21(2,3)32-20(28)26-6-5-14(12-26)27(34(4,29)30)13-15-11-16-17(33-15)18(24-19(22)23-16)25-7-9-31-10-8-25/h11,14H,5-10,12-13H2,1-4H3. The lowest BCUT2D eigenvalue weighted by Gasteiger charge is -2.28. The largest absolute Gasteiger partial charge is 0.444 e. The molecule has 0 N–H and O–H groups in total. The molecule has 34 heavy (non-hydrogen) atoms. The summed E-state index contributed by atoms with van der Waals surface area (Å²) in [5, 5.41) is 0.155. The number of nitrogens with zero attached hydrogens (tertiary/aromatic N) is 5. The summed E-state index contributed by atoms with van der Waals surface area (Å²) in [5.41, 5.74) is 0.0836. The number of ether oxygens (including phenoxy) is 2. The Morgan fingerprint density at radius 3 is 2.65 bits per heavy atom. The van der Waals surface area contributed by atoms with Crippen molar-refractivity contribution >= 4 is 55.1 Å². The van der Waals surface area contributed by atoms with Crippen LogP contribution in [0.15, 0.2) is 6.07 Å². The van der Waals surface area contributed by atoms with Crippen molar-refractivity contribution < 1.29 is 22.7 Å². The van der Waals surface area contributed by atoms with Crippen LogP contribution in [-0.2, 0) is 26.0 Å². The maximum atomic E-state index is 12.7. The van der Waals surface area contributed by atoms with E-state index in [-0.39, 0.29) is 24.4 Å². The summed E-state index contributed by atoms with van der Waals surface area (Å²) in [4.78, 5) is 25.8. The van der Waals surface area contributed by atoms with Crippen LogP contribution in [0.4, 0.5) is 10.6 Å². The van der Waals surface area contributed by atoms with Crippen LogP contribution in [0.1, 0.15) is 32.1 Å². The van der Waals surface area contributed by atoms with E-state index < -0.39 is 21.7 Å². The molecule has 2 aromatic rings. The van der Waals surface area contributed by atoms with Crippen LogP contribution in [0.2, 0.25) is 5.28 Å². The molecule has 0 spiro atoms. The first kappa shape index (κ1) is 25.4. The number of hydrogen-bond donors (Lipinski definition) is 0. The second-order valence-corrected chi connectivity index (χ2v) is 12.9. The third kappa shape index (κ3) is 5.91. The number of thiophene rings is 1. The minimum absolute atomic E-state index is 0.155. The molecule has 188 valence electrons. The molecular weight excluding hydrogens is 502 g/mol. The molecule has 2 aliphatic rings. The molecule has 1 atom stereocenters. The number of halogens is 1. The van der Waals surface area contributed by atoms with E-state index in [0.717, 1.165) is 15.4 Å². The molecule has 0 bridgehead atoms. The van der Waals surface area contributed by atoms with Gasteiger partial charge in [0.2, 0.25) is 15.3 Å². The highest BCUT2D eigenvalue weighted by molar-refractivity contribution is 7.88. The third-order valence-corrected chi connectivity index (χ3v) is 8.20. The molecule has 0 aromatic carbocycles. The van der Waals surface area contributed by atoms with Gasteiger partial charge in [-0.2, -0.15) is 9.29 Å². The van der Waals surface area contributed by atoms with E-state index in [9.17, 15) is 13.2 Å². The summed E-state index contributed by atoms with van der Waals surface area (Å²) in [6, 6.07) is 1.54. The smallest absolute Gasteiger partial charge is 0.410 e. The Labute approximate surface area is 208 Å². The number of carbonyl (C=O) groups is 1. The van der Waals surface area contributed by atoms with Crippen LogP contribution in [0.5, 0.6) is 0 Å². The molecule has 2 aliphatic heterocycles. The van der Waals surface area contributed by atoms with E-state index in [2.05, 4.69) is 14.9 Å². The van der Waals surface area contributed by atoms with E-state index in [1.165, 1.54) is 21.9 Å². The number of rotatable bonds is 5. The molecule has 13 heteroatoms. The molecule has 0 radical (unpaired) electrons. The van der Waals surface area contributed by atoms with Gasteiger partial charge < -0.3 is 19.3 Å². The van der Waals surface area contributed by atoms with Gasteiger partial charge in [0.05, 0.1) is 29.7 Å². The summed E-state index contributed by atoms with van der Waals surface area (Å²) >= 11 is 7.66. The molecule has 2 aromatic heterocycles. The minimum Gasteiger partial charge on any atom is -0.444 e. The Balaban J connectivity index is 1.56. The quantitative estimate of drug-likeness (QED) is 0.542. The zero-order valence-corrected chi connectivity index (χ0v) is 22.2. The average Bonchev–Trinajstić information content (AvgIpc) is 3.37. The Hall–Kier alpha value is -1.73. The molecule has 1 amide bonds. The maximum absolute atomic E-state index is 12.7. The topological polar surface area (TPSA) is 105 Å². The molecule has 2 fully saturated rings. The van der Waals surface area contributed by atoms with Gasteiger partial charge in [-0.15, -0.1) is 11.3 Å². The highest BCUT2D eigenvalue weighted by Crippen LogP contribution is 2.35. The molecule has 2 saturated heterocycles. The summed E-state index contributed by atoms with van der Waals surface area (Å²) < 4.78 is 38.7. The summed E-state index contributed by atoms with van der Waals surface area (Å²) in [7, 11) is -3.53. The van der Waals surface area contributed by atoms with Gasteiger partial charge in [0.1, 0.15) is 5.60 Å². The SMILES string of the molecule is CC(C)(C)OC(=O)N1CCC(N(Cc2cc3nc(Cl)nc(N4CCOCC4)c3s2)S(C)(=O)=O)C1. The predicted molar refractivity (Wildman–Crippen MR) is 132 cm³/mol. The molecule has 10 nitrogen and oxygen atoms in total. The lowest BCUT2D eigenvalue weighted by atomic mass is 10.2. The van der Waals surface area contributed by atoms with Gasteiger partial charge in [-0.1, -0.05) is 0 Å². The molecule has 4 rings (SSSR count). The third-order valence-electron chi connectivity index (χ3n) is 5.65. The number of carbonyl (C=O) groups excluding carboxylic acids is 1. The average molecular weight is 532 g/mol. The van der Waals surface area contributed by atoms with E-state index in [1.807, 2.05) is 26.8 Å². The first-order chi connectivity index (χ1) is 15.9. The fourth-order valence-electron chi connectivity index (χ4n) is 4.14. The van der Waals surface area contributed by atoms with E-state index in [0.29, 0.717) is 44.8 Å². The van der Waals surface area contributed by atoms with Gasteiger partial charge in [-0.25, -0.2) is 18.2 Å². The lowest BCUT2D eigenvalue weighted by Crippen LogP contribution is -2.42. The molecule has 0 saturated carbocycles. The summed E-state index contributed by atoms with van der Waals surface area (Å²) in [5.74, 6) is 0.748. The predicted octanol–water partition coefficient (Wildman–Crippen LogP) is 2.95. The van der Waals surface area contributed by atoms with Gasteiger partial charge in [0.15, 0.2) is 5.82 Å². The van der Waals surface area contributed by atoms with Crippen molar-refractivity contribution in [3.05, 3.63) is 16.2 Å². The number of morpholine rings is 1. The van der Waals surface area contributed by atoms with Crippen molar-refractivity contribution in [1.29, 1.82) is 0 Å². The Morgan fingerprint density at radius 1 is 1.29 bits per heavy atom. The zero-order chi connectivity index (χ0) is 24.7. The van der Waals surface area contributed by atoms with Crippen LogP contribution in [0, 0.1) is 0 Å². The van der Waals surface area contributed by atoms with Crippen LogP contribution >= 0.6 is 22.9 Å². The highest BCUT2D eigenvalue weighted by Gasteiger charge is 2.36. The molecule has 1 unspecified atom stereocenters. The maximum Gasteiger partial charge on any atom is 0.410 e. The number of amides is 1. The summed E-state index contributed by atoms with van der Waals surface area (Å²) in [6.45, 7) is 8.97. The van der Waals surface area contributed by atoms with Crippen molar-refractivity contribution in [3.63, 3.8) is 0 Å². The Kier molecular flexibility index (Phi) is 7.26. The summed E-state index contributed by atoms with van der Waals surface area (Å²) in [6.07, 6.45) is 1.32. The monoisotopic (exact) mass is 531 g/mol. The van der Waals surface area contributed by atoms with Crippen molar-refractivity contribution in [2.75, 3.05) is 50.5 Å². The zero-order valence-electron chi connectivity index (χ0n) is 19.8. The first-order valence-corrected chi connectivity index (χ1v) is 14.2. The lowest BCUT2D eigenvalue weighted by molar-refractivity contribution is 0.0286. The number of hydrogen-bond acceptors (Lipinski definition) is 9. The molecular formula is C21H30ClN5O5S2. The van der Waals surface area contributed by atoms with Crippen molar-refractivity contribution in [2.24, 2.45) is 0 Å². The highest BCUT2D eigenvalue weighted by atomic mass is 35.5. The van der Waals surface area contributed by atoms with Crippen molar-refractivity contribution in [1.82, 2.24) is 19.2 Å². The van der Waals surface area contributed by atoms with E-state index in [1.54, 1.807) is 4.90 Å². The molecule has 4 heterocycles. The fourth-order valence-corrected chi connectivity index (χ4v) is 6.60. The van der Waals surface area contributed by atoms with Gasteiger partial charge >= 0.3 is 6.09 Å². The van der Waals surface area contributed by atoms with E-state index in [4.69, 9.17) is 21.1 Å². The first-order valence-electron chi connectivity index (χ1n) is 11.1. The van der Waals surface area contributed by atoms with Gasteiger partial charge in [-0.3, -0.25) is 0 Å². The number of anilines is 1. The van der Waals surface area contributed by atoms with Crippen LogP contribution in [-0.4, -0.2) is 91.0 Å². The van der Waals surface area contributed by atoms with Crippen molar-refractivity contribution in [3.8, 4) is 0 Å². The van der Waals surface area contributed by atoms with Gasteiger partial charge in [-0.05, 0) is 44.9 Å². The normalized spacial score (nSPS) is 19.9. The van der Waals surface area contributed by atoms with Crippen LogP contribution < -0.4 is 4.90 Å². The number of fused-ring (bicyclic) bond motifs is 1. The number of likely N-dealkylation sites (tertiary alicyclic amines) is 1. The Bertz CT molecular complexity index is 1160. The van der Waals surface area contributed by atoms with Crippen LogP contribution in [0.25, 0.3) is 10.2 Å². The van der Waals surface area contributed by atoms with Gasteiger partial charge in [0, 0.05) is 43.6 Å². The second kappa shape index (κ2) is 9.73. The van der Waals surface area contributed by atoms with Gasteiger partial charge in [0.25, 0.3) is 0 Å². The number of sulfonamides is 1.